The van der Waals surface area contributed by atoms with Gasteiger partial charge in [0.05, 0.1) is 7.11 Å². The van der Waals surface area contributed by atoms with Crippen molar-refractivity contribution in [3.63, 3.8) is 0 Å². The Morgan fingerprint density at radius 2 is 1.91 bits per heavy atom. The summed E-state index contributed by atoms with van der Waals surface area (Å²) in [7, 11) is 1.51. The van der Waals surface area contributed by atoms with E-state index >= 15 is 0 Å². The van der Waals surface area contributed by atoms with Crippen LogP contribution in [0.15, 0.2) is 78.9 Å². The number of hydrogen-bond acceptors (Lipinski definition) is 4. The number of hydrogen-bond donors (Lipinski definition) is 1. The number of carbonyl (C=O) groups excluding carboxylic acids is 1. The van der Waals surface area contributed by atoms with E-state index in [2.05, 4.69) is 11.9 Å². The molecule has 3 aromatic rings. The van der Waals surface area contributed by atoms with Crippen molar-refractivity contribution >= 4 is 29.3 Å². The molecular formula is C27H22ClFN2O3. The maximum Gasteiger partial charge on any atom is 0.266 e. The van der Waals surface area contributed by atoms with Crippen molar-refractivity contribution in [3.8, 4) is 17.6 Å². The number of halogens is 2. The second-order valence-electron chi connectivity index (χ2n) is 7.22. The molecule has 0 aromatic heterocycles. The molecule has 0 radical (unpaired) electrons. The molecule has 0 aliphatic carbocycles. The van der Waals surface area contributed by atoms with Crippen LogP contribution < -0.4 is 14.8 Å². The molecule has 0 spiro atoms. The molecule has 34 heavy (non-hydrogen) atoms. The van der Waals surface area contributed by atoms with Crippen LogP contribution in [0.3, 0.4) is 0 Å². The van der Waals surface area contributed by atoms with Crippen molar-refractivity contribution in [2.24, 2.45) is 0 Å². The average Bonchev–Trinajstić information content (AvgIpc) is 2.84. The van der Waals surface area contributed by atoms with E-state index in [1.807, 2.05) is 24.3 Å². The van der Waals surface area contributed by atoms with Crippen molar-refractivity contribution < 1.29 is 18.7 Å². The van der Waals surface area contributed by atoms with Gasteiger partial charge in [-0.3, -0.25) is 4.79 Å². The second kappa shape index (κ2) is 11.7. The Labute approximate surface area is 202 Å². The van der Waals surface area contributed by atoms with Crippen LogP contribution in [0.5, 0.6) is 11.5 Å². The van der Waals surface area contributed by atoms with Crippen molar-refractivity contribution in [1.29, 1.82) is 5.26 Å². The van der Waals surface area contributed by atoms with Crippen LogP contribution in [0.4, 0.5) is 10.1 Å². The number of benzene rings is 3. The summed E-state index contributed by atoms with van der Waals surface area (Å²) >= 11 is 6.24. The monoisotopic (exact) mass is 476 g/mol. The number of methoxy groups -OCH3 is 1. The largest absolute Gasteiger partial charge is 0.493 e. The molecule has 1 amide bonds. The van der Waals surface area contributed by atoms with Crippen molar-refractivity contribution in [3.05, 3.63) is 106 Å². The molecule has 0 atom stereocenters. The molecule has 0 saturated carbocycles. The number of nitriles is 1. The first kappa shape index (κ1) is 24.6. The summed E-state index contributed by atoms with van der Waals surface area (Å²) in [6.45, 7) is 4.03. The Morgan fingerprint density at radius 1 is 1.18 bits per heavy atom. The lowest BCUT2D eigenvalue weighted by Gasteiger charge is -2.16. The predicted octanol–water partition coefficient (Wildman–Crippen LogP) is 6.34. The summed E-state index contributed by atoms with van der Waals surface area (Å²) in [4.78, 5) is 12.6. The minimum atomic E-state index is -0.614. The highest BCUT2D eigenvalue weighted by molar-refractivity contribution is 6.31. The summed E-state index contributed by atoms with van der Waals surface area (Å²) in [5.74, 6) is -0.0762. The van der Waals surface area contributed by atoms with Crippen LogP contribution in [-0.2, 0) is 17.8 Å². The molecule has 0 bridgehead atoms. The number of nitrogens with one attached hydrogen (secondary N) is 1. The third-order valence-electron chi connectivity index (χ3n) is 4.85. The normalized spacial score (nSPS) is 10.8. The molecule has 0 saturated heterocycles. The summed E-state index contributed by atoms with van der Waals surface area (Å²) in [6.07, 6.45) is 3.64. The maximum atomic E-state index is 13.1. The number of rotatable bonds is 9. The molecule has 1 N–H and O–H groups in total. The first-order valence-corrected chi connectivity index (χ1v) is 10.7. The minimum Gasteiger partial charge on any atom is -0.493 e. The second-order valence-corrected chi connectivity index (χ2v) is 7.62. The molecule has 3 aromatic carbocycles. The lowest BCUT2D eigenvalue weighted by atomic mass is 10.0. The van der Waals surface area contributed by atoms with Gasteiger partial charge in [-0.25, -0.2) is 4.39 Å². The number of amides is 1. The highest BCUT2D eigenvalue weighted by atomic mass is 35.5. The predicted molar refractivity (Wildman–Crippen MR) is 131 cm³/mol. The summed E-state index contributed by atoms with van der Waals surface area (Å²) in [5.41, 5.74) is 2.42. The third kappa shape index (κ3) is 6.25. The molecule has 5 nitrogen and oxygen atoms in total. The zero-order valence-corrected chi connectivity index (χ0v) is 19.2. The molecule has 0 fully saturated rings. The van der Waals surface area contributed by atoms with Gasteiger partial charge in [-0.2, -0.15) is 5.26 Å². The van der Waals surface area contributed by atoms with E-state index in [1.165, 1.54) is 37.5 Å². The highest BCUT2D eigenvalue weighted by Crippen LogP contribution is 2.35. The standard InChI is InChI=1S/C27H22ClFN2O3/c1-3-6-19-13-18(14-21(16-30)27(32)31-23-11-9-22(29)10-12-23)15-25(33-2)26(19)34-17-20-7-4-5-8-24(20)28/h3-5,7-15H,1,6,17H2,2H3,(H,31,32)/b21-14+. The minimum absolute atomic E-state index is 0.124. The van der Waals surface area contributed by atoms with E-state index < -0.39 is 11.7 Å². The van der Waals surface area contributed by atoms with Gasteiger partial charge in [-0.1, -0.05) is 35.9 Å². The lowest BCUT2D eigenvalue weighted by Crippen LogP contribution is -2.13. The molecule has 0 unspecified atom stereocenters. The van der Waals surface area contributed by atoms with Gasteiger partial charge in [-0.05, 0) is 60.5 Å². The van der Waals surface area contributed by atoms with Crippen molar-refractivity contribution in [2.75, 3.05) is 12.4 Å². The fourth-order valence-corrected chi connectivity index (χ4v) is 3.39. The number of allylic oxidation sites excluding steroid dienone is 1. The number of carbonyl (C=O) groups is 1. The maximum absolute atomic E-state index is 13.1. The molecular weight excluding hydrogens is 455 g/mol. The Kier molecular flexibility index (Phi) is 8.44. The van der Waals surface area contributed by atoms with Gasteiger partial charge in [-0.15, -0.1) is 6.58 Å². The fraction of sp³-hybridized carbons (Fsp3) is 0.111. The Bertz CT molecular complexity index is 1260. The van der Waals surface area contributed by atoms with Crippen LogP contribution in [0, 0.1) is 17.1 Å². The molecule has 172 valence electrons. The van der Waals surface area contributed by atoms with Crippen LogP contribution in [0.2, 0.25) is 5.02 Å². The van der Waals surface area contributed by atoms with Gasteiger partial charge >= 0.3 is 0 Å². The van der Waals surface area contributed by atoms with E-state index in [1.54, 1.807) is 24.3 Å². The Morgan fingerprint density at radius 3 is 2.56 bits per heavy atom. The third-order valence-corrected chi connectivity index (χ3v) is 5.22. The first-order valence-electron chi connectivity index (χ1n) is 10.3. The fourth-order valence-electron chi connectivity index (χ4n) is 3.20. The smallest absolute Gasteiger partial charge is 0.266 e. The summed E-state index contributed by atoms with van der Waals surface area (Å²) < 4.78 is 24.7. The summed E-state index contributed by atoms with van der Waals surface area (Å²) in [5, 5.41) is 12.7. The van der Waals surface area contributed by atoms with E-state index in [0.29, 0.717) is 34.2 Å². The van der Waals surface area contributed by atoms with Gasteiger partial charge in [0.1, 0.15) is 24.1 Å². The quantitative estimate of drug-likeness (QED) is 0.222. The average molecular weight is 477 g/mol. The Balaban J connectivity index is 1.90. The number of ether oxygens (including phenoxy) is 2. The zero-order chi connectivity index (χ0) is 24.5. The topological polar surface area (TPSA) is 71.4 Å². The van der Waals surface area contributed by atoms with E-state index in [4.69, 9.17) is 21.1 Å². The van der Waals surface area contributed by atoms with Gasteiger partial charge in [0.25, 0.3) is 5.91 Å². The van der Waals surface area contributed by atoms with E-state index in [-0.39, 0.29) is 12.2 Å². The van der Waals surface area contributed by atoms with Gasteiger partial charge in [0, 0.05) is 21.8 Å². The van der Waals surface area contributed by atoms with Crippen LogP contribution in [-0.4, -0.2) is 13.0 Å². The SMILES string of the molecule is C=CCc1cc(/C=C(\C#N)C(=O)Nc2ccc(F)cc2)cc(OC)c1OCc1ccccc1Cl. The van der Waals surface area contributed by atoms with E-state index in [0.717, 1.165) is 11.1 Å². The molecule has 0 aliphatic rings. The van der Waals surface area contributed by atoms with Crippen molar-refractivity contribution in [2.45, 2.75) is 13.0 Å². The molecule has 7 heteroatoms. The zero-order valence-electron chi connectivity index (χ0n) is 18.5. The van der Waals surface area contributed by atoms with Crippen LogP contribution in [0.25, 0.3) is 6.08 Å². The van der Waals surface area contributed by atoms with Gasteiger partial charge < -0.3 is 14.8 Å². The lowest BCUT2D eigenvalue weighted by molar-refractivity contribution is -0.112. The number of nitrogens with zero attached hydrogens (tertiary/aromatic N) is 1. The number of anilines is 1. The first-order chi connectivity index (χ1) is 16.4. The molecule has 0 aliphatic heterocycles. The van der Waals surface area contributed by atoms with E-state index in [9.17, 15) is 14.4 Å². The van der Waals surface area contributed by atoms with Crippen LogP contribution in [0.1, 0.15) is 16.7 Å². The van der Waals surface area contributed by atoms with Gasteiger partial charge in [0.2, 0.25) is 0 Å². The van der Waals surface area contributed by atoms with Gasteiger partial charge in [0.15, 0.2) is 11.5 Å². The highest BCUT2D eigenvalue weighted by Gasteiger charge is 2.15. The van der Waals surface area contributed by atoms with Crippen molar-refractivity contribution in [1.82, 2.24) is 0 Å². The molecule has 0 heterocycles. The van der Waals surface area contributed by atoms with Crippen LogP contribution >= 0.6 is 11.6 Å². The Hall–Kier alpha value is -4.08. The molecule has 3 rings (SSSR count). The summed E-state index contributed by atoms with van der Waals surface area (Å²) in [6, 6.07) is 18.0.